The first-order chi connectivity index (χ1) is 8.20. The van der Waals surface area contributed by atoms with E-state index in [0.717, 1.165) is 11.1 Å². The third-order valence-corrected chi connectivity index (χ3v) is 2.32. The van der Waals surface area contributed by atoms with Gasteiger partial charge in [0.1, 0.15) is 0 Å². The summed E-state index contributed by atoms with van der Waals surface area (Å²) in [6.07, 6.45) is 3.49. The standard InChI is InChI=1S/C13H12N2O2/c1-9-7-14-12(15-8-9)10-4-3-5-11(6-10)13(16)17-2/h3-8H,1-2H3. The van der Waals surface area contributed by atoms with Gasteiger partial charge in [0.05, 0.1) is 12.7 Å². The fourth-order valence-corrected chi connectivity index (χ4v) is 1.44. The normalized spacial score (nSPS) is 10.0. The summed E-state index contributed by atoms with van der Waals surface area (Å²) in [6.45, 7) is 1.93. The molecular formula is C13H12N2O2. The van der Waals surface area contributed by atoms with Crippen LogP contribution in [-0.4, -0.2) is 23.0 Å². The van der Waals surface area contributed by atoms with Crippen LogP contribution < -0.4 is 0 Å². The highest BCUT2D eigenvalue weighted by Gasteiger charge is 2.07. The predicted octanol–water partition coefficient (Wildman–Crippen LogP) is 2.24. The second-order valence-corrected chi connectivity index (χ2v) is 3.66. The molecule has 0 aliphatic carbocycles. The van der Waals surface area contributed by atoms with Crippen molar-refractivity contribution in [2.75, 3.05) is 7.11 Å². The van der Waals surface area contributed by atoms with Crippen molar-refractivity contribution in [1.29, 1.82) is 0 Å². The van der Waals surface area contributed by atoms with E-state index < -0.39 is 0 Å². The van der Waals surface area contributed by atoms with Crippen LogP contribution in [0.1, 0.15) is 15.9 Å². The number of hydrogen-bond acceptors (Lipinski definition) is 4. The molecule has 0 N–H and O–H groups in total. The summed E-state index contributed by atoms with van der Waals surface area (Å²) in [5, 5.41) is 0. The molecule has 0 saturated heterocycles. The van der Waals surface area contributed by atoms with E-state index in [9.17, 15) is 4.79 Å². The SMILES string of the molecule is COC(=O)c1cccc(-c2ncc(C)cn2)c1. The number of esters is 1. The van der Waals surface area contributed by atoms with Crippen LogP contribution in [0, 0.1) is 6.92 Å². The zero-order valence-corrected chi connectivity index (χ0v) is 9.68. The number of hydrogen-bond donors (Lipinski definition) is 0. The van der Waals surface area contributed by atoms with Crippen LogP contribution in [-0.2, 0) is 4.74 Å². The lowest BCUT2D eigenvalue weighted by molar-refractivity contribution is 0.0601. The highest BCUT2D eigenvalue weighted by Crippen LogP contribution is 2.16. The molecule has 4 nitrogen and oxygen atoms in total. The molecule has 0 aliphatic rings. The minimum Gasteiger partial charge on any atom is -0.465 e. The van der Waals surface area contributed by atoms with Crippen LogP contribution in [0.2, 0.25) is 0 Å². The monoisotopic (exact) mass is 228 g/mol. The maximum absolute atomic E-state index is 11.4. The molecule has 0 unspecified atom stereocenters. The van der Waals surface area contributed by atoms with Crippen molar-refractivity contribution in [3.8, 4) is 11.4 Å². The van der Waals surface area contributed by atoms with Crippen molar-refractivity contribution in [1.82, 2.24) is 9.97 Å². The van der Waals surface area contributed by atoms with E-state index in [2.05, 4.69) is 14.7 Å². The third-order valence-electron chi connectivity index (χ3n) is 2.32. The Labute approximate surface area is 99.3 Å². The van der Waals surface area contributed by atoms with Gasteiger partial charge in [-0.05, 0) is 24.6 Å². The van der Waals surface area contributed by atoms with E-state index in [4.69, 9.17) is 0 Å². The molecule has 1 aromatic heterocycles. The van der Waals surface area contributed by atoms with E-state index in [1.807, 2.05) is 13.0 Å². The lowest BCUT2D eigenvalue weighted by Gasteiger charge is -2.03. The number of carbonyl (C=O) groups is 1. The van der Waals surface area contributed by atoms with Gasteiger partial charge in [0.2, 0.25) is 0 Å². The van der Waals surface area contributed by atoms with Crippen LogP contribution >= 0.6 is 0 Å². The number of aromatic nitrogens is 2. The fraction of sp³-hybridized carbons (Fsp3) is 0.154. The number of carbonyl (C=O) groups excluding carboxylic acids is 1. The molecule has 17 heavy (non-hydrogen) atoms. The summed E-state index contributed by atoms with van der Waals surface area (Å²) in [7, 11) is 1.36. The molecule has 1 heterocycles. The lowest BCUT2D eigenvalue weighted by atomic mass is 10.1. The largest absolute Gasteiger partial charge is 0.465 e. The quantitative estimate of drug-likeness (QED) is 0.740. The molecule has 4 heteroatoms. The molecular weight excluding hydrogens is 216 g/mol. The summed E-state index contributed by atoms with van der Waals surface area (Å²) in [5.74, 6) is 0.236. The van der Waals surface area contributed by atoms with Crippen molar-refractivity contribution >= 4 is 5.97 Å². The summed E-state index contributed by atoms with van der Waals surface area (Å²) in [5.41, 5.74) is 2.29. The highest BCUT2D eigenvalue weighted by molar-refractivity contribution is 5.90. The highest BCUT2D eigenvalue weighted by atomic mass is 16.5. The summed E-state index contributed by atoms with van der Waals surface area (Å²) in [6, 6.07) is 7.06. The van der Waals surface area contributed by atoms with E-state index in [-0.39, 0.29) is 5.97 Å². The Bertz CT molecular complexity index is 535. The topological polar surface area (TPSA) is 52.1 Å². The zero-order valence-electron chi connectivity index (χ0n) is 9.68. The Morgan fingerprint density at radius 3 is 2.59 bits per heavy atom. The van der Waals surface area contributed by atoms with E-state index in [1.54, 1.807) is 30.6 Å². The Kier molecular flexibility index (Phi) is 3.14. The molecule has 0 fully saturated rings. The molecule has 2 aromatic rings. The van der Waals surface area contributed by atoms with E-state index >= 15 is 0 Å². The van der Waals surface area contributed by atoms with Gasteiger partial charge in [-0.3, -0.25) is 0 Å². The van der Waals surface area contributed by atoms with Gasteiger partial charge < -0.3 is 4.74 Å². The molecule has 0 saturated carbocycles. The van der Waals surface area contributed by atoms with Gasteiger partial charge in [0, 0.05) is 18.0 Å². The number of rotatable bonds is 2. The first kappa shape index (κ1) is 11.3. The van der Waals surface area contributed by atoms with Gasteiger partial charge >= 0.3 is 5.97 Å². The molecule has 0 spiro atoms. The van der Waals surface area contributed by atoms with Crippen molar-refractivity contribution < 1.29 is 9.53 Å². The third kappa shape index (κ3) is 2.47. The van der Waals surface area contributed by atoms with E-state index in [0.29, 0.717) is 11.4 Å². The molecule has 0 atom stereocenters. The maximum Gasteiger partial charge on any atom is 0.337 e. The number of benzene rings is 1. The molecule has 0 bridgehead atoms. The predicted molar refractivity (Wildman–Crippen MR) is 63.5 cm³/mol. The number of ether oxygens (including phenoxy) is 1. The maximum atomic E-state index is 11.4. The first-order valence-corrected chi connectivity index (χ1v) is 5.18. The van der Waals surface area contributed by atoms with Gasteiger partial charge in [-0.25, -0.2) is 14.8 Å². The summed E-state index contributed by atoms with van der Waals surface area (Å²) in [4.78, 5) is 19.8. The van der Waals surface area contributed by atoms with Gasteiger partial charge in [-0.15, -0.1) is 0 Å². The molecule has 0 radical (unpaired) electrons. The number of methoxy groups -OCH3 is 1. The van der Waals surface area contributed by atoms with Gasteiger partial charge in [0.15, 0.2) is 5.82 Å². The number of nitrogens with zero attached hydrogens (tertiary/aromatic N) is 2. The Balaban J connectivity index is 2.39. The smallest absolute Gasteiger partial charge is 0.337 e. The summed E-state index contributed by atoms with van der Waals surface area (Å²) < 4.78 is 4.67. The lowest BCUT2D eigenvalue weighted by Crippen LogP contribution is -2.01. The van der Waals surface area contributed by atoms with Crippen LogP contribution in [0.15, 0.2) is 36.7 Å². The minimum absolute atomic E-state index is 0.362. The average Bonchev–Trinajstić information content (AvgIpc) is 2.39. The second kappa shape index (κ2) is 4.74. The summed E-state index contributed by atoms with van der Waals surface area (Å²) >= 11 is 0. The molecule has 2 rings (SSSR count). The molecule has 86 valence electrons. The van der Waals surface area contributed by atoms with Crippen molar-refractivity contribution in [2.45, 2.75) is 6.92 Å². The van der Waals surface area contributed by atoms with Crippen LogP contribution in [0.5, 0.6) is 0 Å². The molecule has 0 amide bonds. The minimum atomic E-state index is -0.362. The Hall–Kier alpha value is -2.23. The van der Waals surface area contributed by atoms with Crippen LogP contribution in [0.25, 0.3) is 11.4 Å². The average molecular weight is 228 g/mol. The number of aryl methyl sites for hydroxylation is 1. The van der Waals surface area contributed by atoms with Crippen molar-refractivity contribution in [2.24, 2.45) is 0 Å². The molecule has 0 aliphatic heterocycles. The van der Waals surface area contributed by atoms with E-state index in [1.165, 1.54) is 7.11 Å². The van der Waals surface area contributed by atoms with Crippen LogP contribution in [0.3, 0.4) is 0 Å². The Morgan fingerprint density at radius 1 is 1.24 bits per heavy atom. The fourth-order valence-electron chi connectivity index (χ4n) is 1.44. The molecule has 1 aromatic carbocycles. The van der Waals surface area contributed by atoms with Gasteiger partial charge in [-0.2, -0.15) is 0 Å². The van der Waals surface area contributed by atoms with Gasteiger partial charge in [-0.1, -0.05) is 12.1 Å². The second-order valence-electron chi connectivity index (χ2n) is 3.66. The Morgan fingerprint density at radius 2 is 1.94 bits per heavy atom. The van der Waals surface area contributed by atoms with Crippen molar-refractivity contribution in [3.05, 3.63) is 47.8 Å². The van der Waals surface area contributed by atoms with Crippen LogP contribution in [0.4, 0.5) is 0 Å². The van der Waals surface area contributed by atoms with Crippen molar-refractivity contribution in [3.63, 3.8) is 0 Å². The zero-order chi connectivity index (χ0) is 12.3. The van der Waals surface area contributed by atoms with Gasteiger partial charge in [0.25, 0.3) is 0 Å². The first-order valence-electron chi connectivity index (χ1n) is 5.18.